The Balaban J connectivity index is 3.58. The average molecular weight is 128 g/mol. The van der Waals surface area contributed by atoms with E-state index in [-0.39, 0.29) is 0 Å². The lowest BCUT2D eigenvalue weighted by atomic mass is 9.85. The van der Waals surface area contributed by atoms with Crippen molar-refractivity contribution in [2.24, 2.45) is 17.8 Å². The average Bonchev–Trinajstić information content (AvgIpc) is 1.84. The molecule has 0 aromatic carbocycles. The molecule has 0 aliphatic heterocycles. The van der Waals surface area contributed by atoms with Crippen LogP contribution in [0.3, 0.4) is 0 Å². The van der Waals surface area contributed by atoms with E-state index in [1.807, 2.05) is 0 Å². The second kappa shape index (κ2) is 3.92. The Morgan fingerprint density at radius 1 is 1.00 bits per heavy atom. The van der Waals surface area contributed by atoms with E-state index in [4.69, 9.17) is 0 Å². The van der Waals surface area contributed by atoms with Crippen LogP contribution in [0.5, 0.6) is 0 Å². The molecule has 0 aromatic rings. The predicted octanol–water partition coefficient (Wildman–Crippen LogP) is 3.32. The van der Waals surface area contributed by atoms with E-state index in [0.29, 0.717) is 0 Å². The van der Waals surface area contributed by atoms with Gasteiger partial charge in [0, 0.05) is 0 Å². The maximum atomic E-state index is 2.35. The highest BCUT2D eigenvalue weighted by molar-refractivity contribution is 4.62. The molecule has 0 aliphatic rings. The molecule has 0 spiro atoms. The molecule has 0 heteroatoms. The second-order valence-electron chi connectivity index (χ2n) is 3.49. The van der Waals surface area contributed by atoms with Gasteiger partial charge in [0.1, 0.15) is 0 Å². The Morgan fingerprint density at radius 2 is 1.44 bits per heavy atom. The summed E-state index contributed by atoms with van der Waals surface area (Å²) in [4.78, 5) is 0. The van der Waals surface area contributed by atoms with Crippen LogP contribution in [0.2, 0.25) is 0 Å². The van der Waals surface area contributed by atoms with Gasteiger partial charge in [-0.2, -0.15) is 0 Å². The van der Waals surface area contributed by atoms with Crippen LogP contribution in [0.1, 0.15) is 41.0 Å². The van der Waals surface area contributed by atoms with Crippen molar-refractivity contribution in [1.82, 2.24) is 0 Å². The highest BCUT2D eigenvalue weighted by atomic mass is 14.2. The highest BCUT2D eigenvalue weighted by Crippen LogP contribution is 2.21. The summed E-state index contributed by atoms with van der Waals surface area (Å²) in [6.07, 6.45) is 1.32. The summed E-state index contributed by atoms with van der Waals surface area (Å²) >= 11 is 0. The first-order valence-corrected chi connectivity index (χ1v) is 4.09. The van der Waals surface area contributed by atoms with Crippen molar-refractivity contribution in [3.05, 3.63) is 0 Å². The van der Waals surface area contributed by atoms with Gasteiger partial charge in [-0.25, -0.2) is 0 Å². The van der Waals surface area contributed by atoms with Crippen molar-refractivity contribution >= 4 is 0 Å². The summed E-state index contributed by atoms with van der Waals surface area (Å²) in [5.74, 6) is 2.62. The first-order chi connectivity index (χ1) is 4.09. The third-order valence-corrected chi connectivity index (χ3v) is 2.59. The Hall–Kier alpha value is 0. The lowest BCUT2D eigenvalue weighted by Crippen LogP contribution is -2.12. The van der Waals surface area contributed by atoms with Gasteiger partial charge in [0.05, 0.1) is 0 Å². The van der Waals surface area contributed by atoms with Crippen molar-refractivity contribution in [3.63, 3.8) is 0 Å². The molecular weight excluding hydrogens is 108 g/mol. The number of hydrogen-bond acceptors (Lipinski definition) is 0. The smallest absolute Gasteiger partial charge is 0.0394 e. The zero-order valence-corrected chi connectivity index (χ0v) is 7.44. The molecule has 1 unspecified atom stereocenters. The Bertz CT molecular complexity index is 64.4. The largest absolute Gasteiger partial charge is 0.0651 e. The third kappa shape index (κ3) is 2.88. The van der Waals surface area contributed by atoms with Gasteiger partial charge < -0.3 is 0 Å². The second-order valence-corrected chi connectivity index (χ2v) is 3.49. The summed E-state index contributed by atoms with van der Waals surface area (Å²) in [5.41, 5.74) is 0. The molecule has 0 nitrogen and oxygen atoms in total. The fraction of sp³-hybridized carbons (Fsp3) is 1.00. The van der Waals surface area contributed by atoms with Crippen LogP contribution in [0.4, 0.5) is 0 Å². The van der Waals surface area contributed by atoms with Crippen LogP contribution in [-0.2, 0) is 0 Å². The number of rotatable bonds is 3. The maximum absolute atomic E-state index is 2.35. The van der Waals surface area contributed by atoms with E-state index in [1.165, 1.54) is 6.42 Å². The van der Waals surface area contributed by atoms with E-state index in [9.17, 15) is 0 Å². The van der Waals surface area contributed by atoms with Gasteiger partial charge in [-0.3, -0.25) is 0 Å². The first-order valence-electron chi connectivity index (χ1n) is 4.09. The van der Waals surface area contributed by atoms with E-state index in [0.717, 1.165) is 17.8 Å². The molecule has 0 aromatic heterocycles. The van der Waals surface area contributed by atoms with Gasteiger partial charge in [0.2, 0.25) is 0 Å². The summed E-state index contributed by atoms with van der Waals surface area (Å²) in [6, 6.07) is 0. The lowest BCUT2D eigenvalue weighted by molar-refractivity contribution is 0.289. The van der Waals surface area contributed by atoms with Gasteiger partial charge in [0.25, 0.3) is 0 Å². The molecule has 0 fully saturated rings. The summed E-state index contributed by atoms with van der Waals surface area (Å²) in [7, 11) is 0. The maximum Gasteiger partial charge on any atom is -0.0394 e. The fourth-order valence-corrected chi connectivity index (χ4v) is 1.03. The molecule has 0 heterocycles. The van der Waals surface area contributed by atoms with Gasteiger partial charge in [0.15, 0.2) is 0 Å². The Morgan fingerprint density at radius 3 is 1.56 bits per heavy atom. The van der Waals surface area contributed by atoms with Crippen molar-refractivity contribution in [1.29, 1.82) is 0 Å². The minimum Gasteiger partial charge on any atom is -0.0651 e. The van der Waals surface area contributed by atoms with Gasteiger partial charge in [-0.05, 0) is 17.8 Å². The van der Waals surface area contributed by atoms with Crippen LogP contribution < -0.4 is 0 Å². The van der Waals surface area contributed by atoms with Crippen molar-refractivity contribution in [2.75, 3.05) is 0 Å². The van der Waals surface area contributed by atoms with Crippen LogP contribution in [0, 0.1) is 17.8 Å². The van der Waals surface area contributed by atoms with Gasteiger partial charge >= 0.3 is 0 Å². The Labute approximate surface area is 59.7 Å². The lowest BCUT2D eigenvalue weighted by Gasteiger charge is -2.21. The molecule has 9 heavy (non-hydrogen) atoms. The van der Waals surface area contributed by atoms with E-state index in [2.05, 4.69) is 34.6 Å². The first kappa shape index (κ1) is 9.00. The molecule has 0 N–H and O–H groups in total. The van der Waals surface area contributed by atoms with Crippen LogP contribution in [0.15, 0.2) is 0 Å². The molecule has 0 bridgehead atoms. The molecule has 0 rings (SSSR count). The minimum absolute atomic E-state index is 0.847. The predicted molar refractivity (Wildman–Crippen MR) is 43.5 cm³/mol. The van der Waals surface area contributed by atoms with Crippen LogP contribution >= 0.6 is 0 Å². The summed E-state index contributed by atoms with van der Waals surface area (Å²) < 4.78 is 0. The standard InChI is InChI=1S/C9H20/c1-6-8(4)9(5)7(2)3/h7-9H,6H2,1-5H3/t8?,9-/m1/s1. The van der Waals surface area contributed by atoms with E-state index < -0.39 is 0 Å². The Kier molecular flexibility index (Phi) is 3.92. The van der Waals surface area contributed by atoms with E-state index in [1.54, 1.807) is 0 Å². The monoisotopic (exact) mass is 128 g/mol. The molecule has 0 saturated heterocycles. The van der Waals surface area contributed by atoms with Gasteiger partial charge in [-0.1, -0.05) is 41.0 Å². The third-order valence-electron chi connectivity index (χ3n) is 2.59. The molecule has 0 radical (unpaired) electrons. The molecule has 0 saturated carbocycles. The fourth-order valence-electron chi connectivity index (χ4n) is 1.03. The topological polar surface area (TPSA) is 0 Å². The summed E-state index contributed by atoms with van der Waals surface area (Å²) in [5, 5.41) is 0. The number of hydrogen-bond donors (Lipinski definition) is 0. The molecular formula is C9H20. The normalized spacial score (nSPS) is 18.0. The van der Waals surface area contributed by atoms with Crippen molar-refractivity contribution < 1.29 is 0 Å². The minimum atomic E-state index is 0.847. The van der Waals surface area contributed by atoms with Gasteiger partial charge in [-0.15, -0.1) is 0 Å². The molecule has 0 amide bonds. The van der Waals surface area contributed by atoms with Crippen molar-refractivity contribution in [3.8, 4) is 0 Å². The highest BCUT2D eigenvalue weighted by Gasteiger charge is 2.12. The SMILES string of the molecule is CCC(C)[C@H](C)C(C)C. The quantitative estimate of drug-likeness (QED) is 0.547. The van der Waals surface area contributed by atoms with Crippen molar-refractivity contribution in [2.45, 2.75) is 41.0 Å². The summed E-state index contributed by atoms with van der Waals surface area (Å²) in [6.45, 7) is 11.6. The molecule has 0 aliphatic carbocycles. The molecule has 2 atom stereocenters. The van der Waals surface area contributed by atoms with Crippen LogP contribution in [0.25, 0.3) is 0 Å². The zero-order valence-electron chi connectivity index (χ0n) is 7.44. The zero-order chi connectivity index (χ0) is 7.44. The molecule has 56 valence electrons. The van der Waals surface area contributed by atoms with E-state index >= 15 is 0 Å². The van der Waals surface area contributed by atoms with Crippen LogP contribution in [-0.4, -0.2) is 0 Å².